The highest BCUT2D eigenvalue weighted by atomic mass is 32.2. The van der Waals surface area contributed by atoms with Crippen LogP contribution in [0.4, 0.5) is 5.82 Å². The quantitative estimate of drug-likeness (QED) is 0.713. The van der Waals surface area contributed by atoms with E-state index in [9.17, 15) is 13.2 Å². The fourth-order valence-electron chi connectivity index (χ4n) is 2.74. The monoisotopic (exact) mass is 397 g/mol. The van der Waals surface area contributed by atoms with Crippen molar-refractivity contribution in [1.29, 1.82) is 0 Å². The fraction of sp³-hybridized carbons (Fsp3) is 0.238. The number of nitrogens with one attached hydrogen (secondary N) is 1. The van der Waals surface area contributed by atoms with E-state index in [-0.39, 0.29) is 4.90 Å². The summed E-state index contributed by atoms with van der Waals surface area (Å²) in [6.45, 7) is 4.69. The van der Waals surface area contributed by atoms with Gasteiger partial charge in [-0.1, -0.05) is 48.0 Å². The van der Waals surface area contributed by atoms with Gasteiger partial charge in [-0.3, -0.25) is 9.48 Å². The average Bonchev–Trinajstić information content (AvgIpc) is 3.03. The molecule has 1 amide bonds. The van der Waals surface area contributed by atoms with Crippen molar-refractivity contribution < 1.29 is 13.2 Å². The van der Waals surface area contributed by atoms with Crippen molar-refractivity contribution in [2.75, 3.05) is 5.32 Å². The maximum atomic E-state index is 13.0. The molecule has 3 rings (SSSR count). The number of carbonyl (C=O) groups excluding carboxylic acids is 1. The van der Waals surface area contributed by atoms with Crippen LogP contribution in [-0.4, -0.2) is 28.9 Å². The van der Waals surface area contributed by atoms with Gasteiger partial charge in [0.2, 0.25) is 5.91 Å². The molecule has 0 saturated heterocycles. The molecule has 0 saturated carbocycles. The molecule has 0 radical (unpaired) electrons. The minimum atomic E-state index is -3.87. The van der Waals surface area contributed by atoms with E-state index in [0.717, 1.165) is 11.1 Å². The smallest absolute Gasteiger partial charge is 0.246 e. The Bertz CT molecular complexity index is 1100. The maximum absolute atomic E-state index is 13.0. The lowest BCUT2D eigenvalue weighted by molar-refractivity contribution is -0.117. The number of benzene rings is 2. The molecule has 0 aliphatic rings. The Balaban J connectivity index is 1.88. The van der Waals surface area contributed by atoms with Gasteiger partial charge in [-0.05, 0) is 32.9 Å². The van der Waals surface area contributed by atoms with Gasteiger partial charge in [-0.2, -0.15) is 5.10 Å². The van der Waals surface area contributed by atoms with Gasteiger partial charge < -0.3 is 5.32 Å². The number of aryl methyl sites for hydroxylation is 2. The van der Waals surface area contributed by atoms with Crippen molar-refractivity contribution >= 4 is 21.6 Å². The Morgan fingerprint density at radius 3 is 2.25 bits per heavy atom. The van der Waals surface area contributed by atoms with E-state index in [1.165, 1.54) is 30.7 Å². The summed E-state index contributed by atoms with van der Waals surface area (Å²) in [5.41, 5.74) is 2.55. The molecule has 6 nitrogen and oxygen atoms in total. The van der Waals surface area contributed by atoms with Gasteiger partial charge in [0.25, 0.3) is 0 Å². The zero-order valence-corrected chi connectivity index (χ0v) is 17.1. The first-order chi connectivity index (χ1) is 13.1. The van der Waals surface area contributed by atoms with Crippen LogP contribution < -0.4 is 5.32 Å². The summed E-state index contributed by atoms with van der Waals surface area (Å²) >= 11 is 0. The molecule has 1 aromatic heterocycles. The van der Waals surface area contributed by atoms with E-state index in [2.05, 4.69) is 10.4 Å². The number of rotatable bonds is 5. The van der Waals surface area contributed by atoms with Crippen LogP contribution in [0.1, 0.15) is 19.4 Å². The molecule has 0 fully saturated rings. The van der Waals surface area contributed by atoms with Crippen LogP contribution >= 0.6 is 0 Å². The molecule has 0 atom stereocenters. The first-order valence-corrected chi connectivity index (χ1v) is 10.3. The number of hydrogen-bond donors (Lipinski definition) is 1. The first kappa shape index (κ1) is 19.8. The van der Waals surface area contributed by atoms with Crippen LogP contribution in [0.25, 0.3) is 11.3 Å². The van der Waals surface area contributed by atoms with Gasteiger partial charge >= 0.3 is 0 Å². The third-order valence-corrected chi connectivity index (χ3v) is 7.16. The molecule has 0 unspecified atom stereocenters. The fourth-order valence-corrected chi connectivity index (χ4v) is 4.11. The van der Waals surface area contributed by atoms with Crippen molar-refractivity contribution in [2.45, 2.75) is 30.4 Å². The highest BCUT2D eigenvalue weighted by Crippen LogP contribution is 2.28. The molecular weight excluding hydrogens is 374 g/mol. The van der Waals surface area contributed by atoms with Crippen LogP contribution in [0.5, 0.6) is 0 Å². The molecule has 1 heterocycles. The Morgan fingerprint density at radius 2 is 1.64 bits per heavy atom. The van der Waals surface area contributed by atoms with E-state index >= 15 is 0 Å². The van der Waals surface area contributed by atoms with Crippen molar-refractivity contribution in [2.24, 2.45) is 7.05 Å². The number of amides is 1. The van der Waals surface area contributed by atoms with E-state index in [1.54, 1.807) is 25.2 Å². The van der Waals surface area contributed by atoms with E-state index in [4.69, 9.17) is 0 Å². The number of carbonyl (C=O) groups is 1. The number of hydrogen-bond acceptors (Lipinski definition) is 4. The summed E-state index contributed by atoms with van der Waals surface area (Å²) in [5, 5.41) is 7.11. The Morgan fingerprint density at radius 1 is 1.04 bits per heavy atom. The minimum Gasteiger partial charge on any atom is -0.310 e. The Kier molecular flexibility index (Phi) is 5.12. The van der Waals surface area contributed by atoms with Crippen molar-refractivity contribution in [3.63, 3.8) is 0 Å². The number of sulfone groups is 1. The highest BCUT2D eigenvalue weighted by molar-refractivity contribution is 7.93. The zero-order chi connectivity index (χ0) is 20.5. The lowest BCUT2D eigenvalue weighted by Gasteiger charge is -2.24. The second-order valence-electron chi connectivity index (χ2n) is 7.19. The van der Waals surface area contributed by atoms with Gasteiger partial charge in [0, 0.05) is 18.7 Å². The predicted molar refractivity (Wildman–Crippen MR) is 110 cm³/mol. The largest absolute Gasteiger partial charge is 0.310 e. The zero-order valence-electron chi connectivity index (χ0n) is 16.3. The Labute approximate surface area is 165 Å². The summed E-state index contributed by atoms with van der Waals surface area (Å²) in [6, 6.07) is 17.8. The van der Waals surface area contributed by atoms with E-state index in [0.29, 0.717) is 11.5 Å². The van der Waals surface area contributed by atoms with Gasteiger partial charge in [0.1, 0.15) is 10.6 Å². The molecule has 0 aliphatic heterocycles. The molecule has 1 N–H and O–H groups in total. The highest BCUT2D eigenvalue weighted by Gasteiger charge is 2.43. The van der Waals surface area contributed by atoms with Gasteiger partial charge in [0.05, 0.1) is 10.6 Å². The molecule has 2 aromatic carbocycles. The van der Waals surface area contributed by atoms with Crippen LogP contribution in [0.15, 0.2) is 65.6 Å². The number of anilines is 1. The number of nitrogens with zero attached hydrogens (tertiary/aromatic N) is 2. The summed E-state index contributed by atoms with van der Waals surface area (Å²) in [6.07, 6.45) is 0. The molecule has 28 heavy (non-hydrogen) atoms. The third kappa shape index (κ3) is 3.57. The number of aromatic nitrogens is 2. The maximum Gasteiger partial charge on any atom is 0.246 e. The second-order valence-corrected chi connectivity index (χ2v) is 9.68. The molecule has 0 spiro atoms. The average molecular weight is 398 g/mol. The summed E-state index contributed by atoms with van der Waals surface area (Å²) < 4.78 is 25.9. The molecule has 7 heteroatoms. The molecule has 146 valence electrons. The van der Waals surface area contributed by atoms with E-state index in [1.807, 2.05) is 37.3 Å². The third-order valence-electron chi connectivity index (χ3n) is 4.74. The standard InChI is InChI=1S/C21H23N3O3S/c1-15-10-12-17(13-11-15)28(26,27)21(2,3)20(25)22-19-14-18(23-24(19)4)16-8-6-5-7-9-16/h5-14H,1-4H3,(H,22,25). The first-order valence-electron chi connectivity index (χ1n) is 8.85. The minimum absolute atomic E-state index is 0.119. The SMILES string of the molecule is Cc1ccc(S(=O)(=O)C(C)(C)C(=O)Nc2cc(-c3ccccc3)nn2C)cc1. The topological polar surface area (TPSA) is 81.1 Å². The Hall–Kier alpha value is -2.93. The van der Waals surface area contributed by atoms with Gasteiger partial charge in [0.15, 0.2) is 9.84 Å². The van der Waals surface area contributed by atoms with Gasteiger partial charge in [-0.15, -0.1) is 0 Å². The van der Waals surface area contributed by atoms with Crippen LogP contribution in [0.3, 0.4) is 0 Å². The normalized spacial score (nSPS) is 12.0. The van der Waals surface area contributed by atoms with Crippen LogP contribution in [0, 0.1) is 6.92 Å². The molecule has 0 bridgehead atoms. The van der Waals surface area contributed by atoms with Gasteiger partial charge in [-0.25, -0.2) is 8.42 Å². The second kappa shape index (κ2) is 7.24. The predicted octanol–water partition coefficient (Wildman–Crippen LogP) is 3.59. The molecule has 3 aromatic rings. The lowest BCUT2D eigenvalue weighted by atomic mass is 10.1. The molecular formula is C21H23N3O3S. The summed E-state index contributed by atoms with van der Waals surface area (Å²) in [5.74, 6) is -0.188. The lowest BCUT2D eigenvalue weighted by Crippen LogP contribution is -2.44. The van der Waals surface area contributed by atoms with E-state index < -0.39 is 20.5 Å². The van der Waals surface area contributed by atoms with Crippen molar-refractivity contribution in [1.82, 2.24) is 9.78 Å². The van der Waals surface area contributed by atoms with Crippen LogP contribution in [-0.2, 0) is 21.7 Å². The summed E-state index contributed by atoms with van der Waals surface area (Å²) in [7, 11) is -2.18. The van der Waals surface area contributed by atoms with Crippen molar-refractivity contribution in [3.8, 4) is 11.3 Å². The summed E-state index contributed by atoms with van der Waals surface area (Å²) in [4.78, 5) is 13.0. The van der Waals surface area contributed by atoms with Crippen molar-refractivity contribution in [3.05, 3.63) is 66.2 Å². The van der Waals surface area contributed by atoms with Crippen LogP contribution in [0.2, 0.25) is 0 Å². The molecule has 0 aliphatic carbocycles.